The van der Waals surface area contributed by atoms with E-state index in [0.29, 0.717) is 16.2 Å². The summed E-state index contributed by atoms with van der Waals surface area (Å²) in [5.74, 6) is 2.16. The van der Waals surface area contributed by atoms with Crippen LogP contribution in [-0.2, 0) is 0 Å². The quantitative estimate of drug-likeness (QED) is 0.586. The van der Waals surface area contributed by atoms with E-state index in [-0.39, 0.29) is 0 Å². The lowest BCUT2D eigenvalue weighted by Gasteiger charge is -2.71. The summed E-state index contributed by atoms with van der Waals surface area (Å²) in [6, 6.07) is 0. The Morgan fingerprint density at radius 3 is 1.93 bits per heavy atom. The highest BCUT2D eigenvalue weighted by atomic mass is 14.7. The predicted octanol–water partition coefficient (Wildman–Crippen LogP) is 4.64. The maximum atomic E-state index is 2.59. The summed E-state index contributed by atoms with van der Waals surface area (Å²) in [6.07, 6.45) is 9.12. The van der Waals surface area contributed by atoms with Crippen LogP contribution >= 0.6 is 0 Å². The average molecular weight is 206 g/mol. The van der Waals surface area contributed by atoms with E-state index in [2.05, 4.69) is 27.7 Å². The molecule has 0 spiro atoms. The summed E-state index contributed by atoms with van der Waals surface area (Å²) in [7, 11) is 0. The Kier molecular flexibility index (Phi) is 1.78. The van der Waals surface area contributed by atoms with Gasteiger partial charge in [0, 0.05) is 0 Å². The van der Waals surface area contributed by atoms with E-state index in [0.717, 1.165) is 11.8 Å². The van der Waals surface area contributed by atoms with Crippen LogP contribution in [0.5, 0.6) is 0 Å². The van der Waals surface area contributed by atoms with E-state index in [1.54, 1.807) is 19.3 Å². The summed E-state index contributed by atoms with van der Waals surface area (Å²) in [5.41, 5.74) is 1.95. The first kappa shape index (κ1) is 10.2. The fourth-order valence-electron chi connectivity index (χ4n) is 5.89. The zero-order valence-electron chi connectivity index (χ0n) is 10.9. The molecule has 2 atom stereocenters. The molecule has 4 saturated carbocycles. The molecule has 0 radical (unpaired) electrons. The molecule has 0 aromatic carbocycles. The van der Waals surface area contributed by atoms with E-state index in [4.69, 9.17) is 0 Å². The zero-order valence-corrected chi connectivity index (χ0v) is 10.9. The molecule has 2 unspecified atom stereocenters. The van der Waals surface area contributed by atoms with Crippen molar-refractivity contribution in [2.45, 2.75) is 66.2 Å². The minimum atomic E-state index is 0.585. The highest BCUT2D eigenvalue weighted by Crippen LogP contribution is 2.74. The smallest absolute Gasteiger partial charge is 0.0238 e. The van der Waals surface area contributed by atoms with Crippen LogP contribution in [0.15, 0.2) is 0 Å². The van der Waals surface area contributed by atoms with Crippen molar-refractivity contribution in [3.05, 3.63) is 0 Å². The minimum Gasteiger partial charge on any atom is -0.0648 e. The largest absolute Gasteiger partial charge is 0.0648 e. The third-order valence-corrected chi connectivity index (χ3v) is 7.02. The number of hydrogen-bond acceptors (Lipinski definition) is 0. The van der Waals surface area contributed by atoms with Gasteiger partial charge in [-0.1, -0.05) is 27.7 Å². The SMILES string of the molecule is CCC12CC3CC(CC(C)(C3)C1(C)C)C2. The summed E-state index contributed by atoms with van der Waals surface area (Å²) in [6.45, 7) is 10.2. The second-order valence-corrected chi connectivity index (χ2v) is 7.60. The maximum Gasteiger partial charge on any atom is -0.0238 e. The Morgan fingerprint density at radius 1 is 0.933 bits per heavy atom. The number of rotatable bonds is 1. The van der Waals surface area contributed by atoms with Gasteiger partial charge in [0.1, 0.15) is 0 Å². The Labute approximate surface area is 94.8 Å². The van der Waals surface area contributed by atoms with Crippen molar-refractivity contribution in [3.63, 3.8) is 0 Å². The van der Waals surface area contributed by atoms with Crippen LogP contribution in [0.2, 0.25) is 0 Å². The minimum absolute atomic E-state index is 0.585. The van der Waals surface area contributed by atoms with Gasteiger partial charge in [-0.2, -0.15) is 0 Å². The van der Waals surface area contributed by atoms with Crippen molar-refractivity contribution in [1.82, 2.24) is 0 Å². The molecule has 4 aliphatic carbocycles. The van der Waals surface area contributed by atoms with Crippen LogP contribution in [0, 0.1) is 28.1 Å². The van der Waals surface area contributed by atoms with Crippen LogP contribution in [0.4, 0.5) is 0 Å². The molecule has 0 heterocycles. The average Bonchev–Trinajstić information content (AvgIpc) is 2.13. The first-order chi connectivity index (χ1) is 6.92. The fraction of sp³-hybridized carbons (Fsp3) is 1.00. The van der Waals surface area contributed by atoms with Crippen molar-refractivity contribution >= 4 is 0 Å². The summed E-state index contributed by atoms with van der Waals surface area (Å²) >= 11 is 0. The molecule has 0 N–H and O–H groups in total. The van der Waals surface area contributed by atoms with Crippen LogP contribution in [-0.4, -0.2) is 0 Å². The molecule has 0 aromatic heterocycles. The molecular weight excluding hydrogens is 180 g/mol. The molecule has 0 amide bonds. The van der Waals surface area contributed by atoms with Gasteiger partial charge < -0.3 is 0 Å². The fourth-order valence-corrected chi connectivity index (χ4v) is 5.89. The van der Waals surface area contributed by atoms with Crippen molar-refractivity contribution in [2.24, 2.45) is 28.1 Å². The third kappa shape index (κ3) is 0.996. The molecule has 0 aliphatic heterocycles. The van der Waals surface area contributed by atoms with Crippen LogP contribution in [0.25, 0.3) is 0 Å². The second-order valence-electron chi connectivity index (χ2n) is 7.60. The van der Waals surface area contributed by atoms with Crippen LogP contribution in [0.3, 0.4) is 0 Å². The molecule has 0 saturated heterocycles. The monoisotopic (exact) mass is 206 g/mol. The van der Waals surface area contributed by atoms with Gasteiger partial charge in [0.15, 0.2) is 0 Å². The Balaban J connectivity index is 2.09. The molecule has 86 valence electrons. The van der Waals surface area contributed by atoms with Gasteiger partial charge in [0.05, 0.1) is 0 Å². The summed E-state index contributed by atoms with van der Waals surface area (Å²) < 4.78 is 0. The van der Waals surface area contributed by atoms with E-state index in [1.165, 1.54) is 19.3 Å². The molecule has 4 aliphatic rings. The van der Waals surface area contributed by atoms with Gasteiger partial charge in [0.25, 0.3) is 0 Å². The van der Waals surface area contributed by atoms with Crippen molar-refractivity contribution in [3.8, 4) is 0 Å². The van der Waals surface area contributed by atoms with E-state index < -0.39 is 0 Å². The van der Waals surface area contributed by atoms with Crippen LogP contribution in [0.1, 0.15) is 66.2 Å². The number of hydrogen-bond donors (Lipinski definition) is 0. The summed E-state index contributed by atoms with van der Waals surface area (Å²) in [4.78, 5) is 0. The molecular formula is C15H26. The molecule has 4 rings (SSSR count). The van der Waals surface area contributed by atoms with Crippen molar-refractivity contribution in [2.75, 3.05) is 0 Å². The van der Waals surface area contributed by atoms with Crippen LogP contribution < -0.4 is 0 Å². The van der Waals surface area contributed by atoms with Gasteiger partial charge in [-0.15, -0.1) is 0 Å². The van der Waals surface area contributed by atoms with Gasteiger partial charge >= 0.3 is 0 Å². The molecule has 0 aromatic rings. The summed E-state index contributed by atoms with van der Waals surface area (Å²) in [5, 5.41) is 0. The predicted molar refractivity (Wildman–Crippen MR) is 64.7 cm³/mol. The second kappa shape index (κ2) is 2.63. The highest BCUT2D eigenvalue weighted by molar-refractivity contribution is 5.14. The maximum absolute atomic E-state index is 2.59. The van der Waals surface area contributed by atoms with Gasteiger partial charge in [0.2, 0.25) is 0 Å². The molecule has 0 heteroatoms. The zero-order chi connectivity index (χ0) is 10.9. The first-order valence-corrected chi connectivity index (χ1v) is 6.92. The molecule has 15 heavy (non-hydrogen) atoms. The van der Waals surface area contributed by atoms with E-state index in [9.17, 15) is 0 Å². The first-order valence-electron chi connectivity index (χ1n) is 6.92. The normalized spacial score (nSPS) is 56.0. The Bertz CT molecular complexity index is 272. The molecule has 0 nitrogen and oxygen atoms in total. The Morgan fingerprint density at radius 2 is 1.47 bits per heavy atom. The third-order valence-electron chi connectivity index (χ3n) is 7.02. The van der Waals surface area contributed by atoms with Gasteiger partial charge in [-0.05, 0) is 66.6 Å². The van der Waals surface area contributed by atoms with Gasteiger partial charge in [-0.3, -0.25) is 0 Å². The molecule has 4 bridgehead atoms. The van der Waals surface area contributed by atoms with Crippen molar-refractivity contribution in [1.29, 1.82) is 0 Å². The Hall–Kier alpha value is 0. The topological polar surface area (TPSA) is 0 Å². The standard InChI is InChI=1S/C15H26/c1-5-15-9-11-6-12(10-15)8-14(4,7-11)13(15,2)3/h11-12H,5-10H2,1-4H3. The molecule has 4 fully saturated rings. The van der Waals surface area contributed by atoms with Gasteiger partial charge in [-0.25, -0.2) is 0 Å². The lowest BCUT2D eigenvalue weighted by atomic mass is 9.34. The van der Waals surface area contributed by atoms with E-state index >= 15 is 0 Å². The van der Waals surface area contributed by atoms with E-state index in [1.807, 2.05) is 0 Å². The lowest BCUT2D eigenvalue weighted by molar-refractivity contribution is -0.210. The highest BCUT2D eigenvalue weighted by Gasteiger charge is 2.65. The lowest BCUT2D eigenvalue weighted by Crippen LogP contribution is -2.62. The van der Waals surface area contributed by atoms with Crippen molar-refractivity contribution < 1.29 is 0 Å².